The lowest BCUT2D eigenvalue weighted by Crippen LogP contribution is -2.16. The molecule has 0 radical (unpaired) electrons. The monoisotopic (exact) mass is 433 g/mol. The Labute approximate surface area is 188 Å². The number of benzene rings is 3. The van der Waals surface area contributed by atoms with E-state index < -0.39 is 0 Å². The first-order chi connectivity index (χ1) is 15.8. The van der Waals surface area contributed by atoms with Crippen molar-refractivity contribution in [3.05, 3.63) is 84.4 Å². The van der Waals surface area contributed by atoms with Gasteiger partial charge < -0.3 is 24.3 Å². The molecule has 1 saturated heterocycles. The van der Waals surface area contributed by atoms with Crippen molar-refractivity contribution in [1.82, 2.24) is 0 Å². The molecule has 1 amide bonds. The topological polar surface area (TPSA) is 66.0 Å². The van der Waals surface area contributed by atoms with Crippen LogP contribution in [0.4, 0.5) is 5.69 Å². The van der Waals surface area contributed by atoms with Crippen LogP contribution in [0.15, 0.2) is 78.9 Å². The fourth-order valence-corrected chi connectivity index (χ4v) is 3.37. The van der Waals surface area contributed by atoms with E-state index in [0.717, 1.165) is 25.2 Å². The van der Waals surface area contributed by atoms with Crippen molar-refractivity contribution in [2.45, 2.75) is 18.9 Å². The van der Waals surface area contributed by atoms with E-state index in [4.69, 9.17) is 18.9 Å². The Morgan fingerprint density at radius 3 is 2.28 bits per heavy atom. The first-order valence-electron chi connectivity index (χ1n) is 10.8. The second-order valence-electron chi connectivity index (χ2n) is 7.46. The molecule has 1 aliphatic heterocycles. The number of anilines is 1. The highest BCUT2D eigenvalue weighted by atomic mass is 16.5. The van der Waals surface area contributed by atoms with E-state index in [1.54, 1.807) is 24.3 Å². The fraction of sp³-hybridized carbons (Fsp3) is 0.269. The third-order valence-electron chi connectivity index (χ3n) is 5.03. The average molecular weight is 434 g/mol. The minimum Gasteiger partial charge on any atom is -0.491 e. The van der Waals surface area contributed by atoms with Crippen LogP contribution in [-0.2, 0) is 4.74 Å². The summed E-state index contributed by atoms with van der Waals surface area (Å²) in [6.45, 7) is 2.18. The van der Waals surface area contributed by atoms with Gasteiger partial charge in [0.2, 0.25) is 0 Å². The van der Waals surface area contributed by atoms with E-state index in [1.807, 2.05) is 54.6 Å². The van der Waals surface area contributed by atoms with E-state index in [9.17, 15) is 4.79 Å². The smallest absolute Gasteiger partial charge is 0.255 e. The van der Waals surface area contributed by atoms with Gasteiger partial charge in [-0.3, -0.25) is 4.79 Å². The Balaban J connectivity index is 1.23. The molecule has 1 aliphatic rings. The lowest BCUT2D eigenvalue weighted by atomic mass is 10.2. The molecule has 1 atom stereocenters. The number of nitrogens with one attached hydrogen (secondary N) is 1. The number of rotatable bonds is 10. The summed E-state index contributed by atoms with van der Waals surface area (Å²) in [5, 5.41) is 2.91. The van der Waals surface area contributed by atoms with Crippen LogP contribution in [0.2, 0.25) is 0 Å². The normalized spacial score (nSPS) is 15.2. The summed E-state index contributed by atoms with van der Waals surface area (Å²) in [5.41, 5.74) is 1.22. The van der Waals surface area contributed by atoms with E-state index in [-0.39, 0.29) is 12.0 Å². The van der Waals surface area contributed by atoms with Gasteiger partial charge in [-0.1, -0.05) is 24.3 Å². The molecular weight excluding hydrogens is 406 g/mol. The summed E-state index contributed by atoms with van der Waals surface area (Å²) in [5.74, 6) is 2.01. The van der Waals surface area contributed by atoms with Crippen LogP contribution in [0.25, 0.3) is 0 Å². The van der Waals surface area contributed by atoms with Crippen molar-refractivity contribution in [2.75, 3.05) is 31.7 Å². The van der Waals surface area contributed by atoms with Crippen LogP contribution < -0.4 is 19.5 Å². The Kier molecular flexibility index (Phi) is 7.60. The zero-order valence-electron chi connectivity index (χ0n) is 17.9. The van der Waals surface area contributed by atoms with Gasteiger partial charge in [0.25, 0.3) is 5.91 Å². The van der Waals surface area contributed by atoms with Gasteiger partial charge in [0.05, 0.1) is 6.10 Å². The summed E-state index contributed by atoms with van der Waals surface area (Å²) in [7, 11) is 0. The maximum Gasteiger partial charge on any atom is 0.255 e. The number of carbonyl (C=O) groups excluding carboxylic acids is 1. The van der Waals surface area contributed by atoms with Gasteiger partial charge in [-0.15, -0.1) is 0 Å². The van der Waals surface area contributed by atoms with Gasteiger partial charge in [-0.05, 0) is 61.4 Å². The van der Waals surface area contributed by atoms with Crippen LogP contribution in [0.1, 0.15) is 23.2 Å². The van der Waals surface area contributed by atoms with E-state index in [1.165, 1.54) is 0 Å². The number of carbonyl (C=O) groups is 1. The van der Waals surface area contributed by atoms with E-state index in [2.05, 4.69) is 5.32 Å². The van der Waals surface area contributed by atoms with Gasteiger partial charge in [0.15, 0.2) is 0 Å². The lowest BCUT2D eigenvalue weighted by molar-refractivity contribution is 0.0680. The molecule has 32 heavy (non-hydrogen) atoms. The summed E-state index contributed by atoms with van der Waals surface area (Å²) in [6.07, 6.45) is 2.25. The van der Waals surface area contributed by atoms with Gasteiger partial charge in [0.1, 0.15) is 37.1 Å². The molecule has 0 bridgehead atoms. The standard InChI is InChI=1S/C26H27NO5/c28-26(27-21-6-4-9-24(18-21)32-19-25-10-5-15-29-25)20-11-13-23(14-12-20)31-17-16-30-22-7-2-1-3-8-22/h1-4,6-9,11-14,18,25H,5,10,15-17,19H2,(H,27,28). The lowest BCUT2D eigenvalue weighted by Gasteiger charge is -2.13. The van der Waals surface area contributed by atoms with Crippen LogP contribution in [0.3, 0.4) is 0 Å². The van der Waals surface area contributed by atoms with Gasteiger partial charge >= 0.3 is 0 Å². The number of hydrogen-bond acceptors (Lipinski definition) is 5. The highest BCUT2D eigenvalue weighted by Gasteiger charge is 2.16. The predicted molar refractivity (Wildman–Crippen MR) is 123 cm³/mol. The number of ether oxygens (including phenoxy) is 4. The molecular formula is C26H27NO5. The number of hydrogen-bond donors (Lipinski definition) is 1. The molecule has 4 rings (SSSR count). The predicted octanol–water partition coefficient (Wildman–Crippen LogP) is 4.95. The largest absolute Gasteiger partial charge is 0.491 e. The molecule has 6 nitrogen and oxygen atoms in total. The molecule has 3 aromatic carbocycles. The third kappa shape index (κ3) is 6.49. The molecule has 0 saturated carbocycles. The minimum absolute atomic E-state index is 0.152. The van der Waals surface area contributed by atoms with Crippen LogP contribution in [-0.4, -0.2) is 38.4 Å². The molecule has 0 aromatic heterocycles. The molecule has 166 valence electrons. The third-order valence-corrected chi connectivity index (χ3v) is 5.03. The quantitative estimate of drug-likeness (QED) is 0.458. The maximum atomic E-state index is 12.6. The molecule has 0 spiro atoms. The van der Waals surface area contributed by atoms with Gasteiger partial charge in [-0.25, -0.2) is 0 Å². The molecule has 1 N–H and O–H groups in total. The van der Waals surface area contributed by atoms with Crippen molar-refractivity contribution in [2.24, 2.45) is 0 Å². The van der Waals surface area contributed by atoms with Crippen molar-refractivity contribution in [3.8, 4) is 17.2 Å². The van der Waals surface area contributed by atoms with Gasteiger partial charge in [-0.2, -0.15) is 0 Å². The Morgan fingerprint density at radius 2 is 1.56 bits per heavy atom. The Hall–Kier alpha value is -3.51. The fourth-order valence-electron chi connectivity index (χ4n) is 3.37. The number of para-hydroxylation sites is 1. The average Bonchev–Trinajstić information content (AvgIpc) is 3.36. The van der Waals surface area contributed by atoms with Crippen LogP contribution in [0.5, 0.6) is 17.2 Å². The summed E-state index contributed by atoms with van der Waals surface area (Å²) in [6, 6.07) is 24.0. The van der Waals surface area contributed by atoms with E-state index in [0.29, 0.717) is 42.6 Å². The Bertz CT molecular complexity index is 985. The highest BCUT2D eigenvalue weighted by Crippen LogP contribution is 2.21. The maximum absolute atomic E-state index is 12.6. The summed E-state index contributed by atoms with van der Waals surface area (Å²) < 4.78 is 22.7. The van der Waals surface area contributed by atoms with Crippen molar-refractivity contribution in [3.63, 3.8) is 0 Å². The number of amides is 1. The molecule has 6 heteroatoms. The van der Waals surface area contributed by atoms with E-state index >= 15 is 0 Å². The summed E-state index contributed by atoms with van der Waals surface area (Å²) >= 11 is 0. The molecule has 3 aromatic rings. The van der Waals surface area contributed by atoms with Crippen LogP contribution in [0, 0.1) is 0 Å². The zero-order valence-corrected chi connectivity index (χ0v) is 17.9. The van der Waals surface area contributed by atoms with Crippen LogP contribution >= 0.6 is 0 Å². The highest BCUT2D eigenvalue weighted by molar-refractivity contribution is 6.04. The van der Waals surface area contributed by atoms with Crippen molar-refractivity contribution >= 4 is 11.6 Å². The second kappa shape index (κ2) is 11.2. The van der Waals surface area contributed by atoms with Crippen molar-refractivity contribution in [1.29, 1.82) is 0 Å². The summed E-state index contributed by atoms with van der Waals surface area (Å²) in [4.78, 5) is 12.6. The minimum atomic E-state index is -0.194. The molecule has 1 heterocycles. The molecule has 1 unspecified atom stereocenters. The molecule has 0 aliphatic carbocycles. The zero-order chi connectivity index (χ0) is 22.0. The second-order valence-corrected chi connectivity index (χ2v) is 7.46. The first-order valence-corrected chi connectivity index (χ1v) is 10.8. The van der Waals surface area contributed by atoms with Crippen molar-refractivity contribution < 1.29 is 23.7 Å². The first kappa shape index (κ1) is 21.7. The molecule has 1 fully saturated rings. The van der Waals surface area contributed by atoms with Gasteiger partial charge in [0, 0.05) is 23.9 Å². The Morgan fingerprint density at radius 1 is 0.844 bits per heavy atom. The SMILES string of the molecule is O=C(Nc1cccc(OCC2CCCO2)c1)c1ccc(OCCOc2ccccc2)cc1.